The van der Waals surface area contributed by atoms with E-state index in [9.17, 15) is 18.8 Å². The van der Waals surface area contributed by atoms with Crippen LogP contribution in [0.15, 0.2) is 48.5 Å². The monoisotopic (exact) mass is 386 g/mol. The summed E-state index contributed by atoms with van der Waals surface area (Å²) in [6, 6.07) is 12.2. The van der Waals surface area contributed by atoms with Gasteiger partial charge in [-0.1, -0.05) is 6.07 Å². The van der Waals surface area contributed by atoms with Gasteiger partial charge in [-0.2, -0.15) is 0 Å². The summed E-state index contributed by atoms with van der Waals surface area (Å²) in [6.45, 7) is -0.335. The van der Waals surface area contributed by atoms with Crippen LogP contribution in [0, 0.1) is 11.7 Å². The predicted molar refractivity (Wildman–Crippen MR) is 99.4 cm³/mol. The molecule has 3 rings (SSSR count). The molecule has 1 atom stereocenters. The molecule has 0 radical (unpaired) electrons. The highest BCUT2D eigenvalue weighted by molar-refractivity contribution is 6.00. The number of anilines is 2. The van der Waals surface area contributed by atoms with E-state index in [1.54, 1.807) is 24.3 Å². The number of hydrogen-bond donors (Lipinski definition) is 1. The minimum atomic E-state index is -0.679. The summed E-state index contributed by atoms with van der Waals surface area (Å²) in [5.41, 5.74) is 1.02. The number of benzene rings is 2. The molecule has 2 aromatic rings. The molecule has 1 N–H and O–H groups in total. The van der Waals surface area contributed by atoms with Crippen LogP contribution in [0.1, 0.15) is 6.42 Å². The molecule has 1 fully saturated rings. The van der Waals surface area contributed by atoms with Gasteiger partial charge < -0.3 is 19.7 Å². The highest BCUT2D eigenvalue weighted by Crippen LogP contribution is 2.26. The van der Waals surface area contributed by atoms with Crippen LogP contribution in [0.25, 0.3) is 0 Å². The maximum atomic E-state index is 13.0. The van der Waals surface area contributed by atoms with Crippen molar-refractivity contribution >= 4 is 29.2 Å². The van der Waals surface area contributed by atoms with Crippen LogP contribution in [0.5, 0.6) is 5.75 Å². The van der Waals surface area contributed by atoms with Gasteiger partial charge in [0.15, 0.2) is 6.61 Å². The van der Waals surface area contributed by atoms with Crippen LogP contribution in [0.4, 0.5) is 15.8 Å². The van der Waals surface area contributed by atoms with Crippen molar-refractivity contribution < 1.29 is 28.2 Å². The lowest BCUT2D eigenvalue weighted by Gasteiger charge is -2.16. The lowest BCUT2D eigenvalue weighted by atomic mass is 10.1. The maximum Gasteiger partial charge on any atom is 0.311 e. The Bertz CT molecular complexity index is 884. The topological polar surface area (TPSA) is 84.9 Å². The van der Waals surface area contributed by atoms with Crippen molar-refractivity contribution in [3.05, 3.63) is 54.3 Å². The molecule has 0 unspecified atom stereocenters. The molecule has 7 nitrogen and oxygen atoms in total. The minimum Gasteiger partial charge on any atom is -0.497 e. The second kappa shape index (κ2) is 8.51. The number of methoxy groups -OCH3 is 1. The van der Waals surface area contributed by atoms with Crippen LogP contribution < -0.4 is 15.0 Å². The number of esters is 1. The van der Waals surface area contributed by atoms with Crippen molar-refractivity contribution in [3.63, 3.8) is 0 Å². The van der Waals surface area contributed by atoms with E-state index >= 15 is 0 Å². The summed E-state index contributed by atoms with van der Waals surface area (Å²) in [4.78, 5) is 37.7. The Kier molecular flexibility index (Phi) is 5.88. The molecule has 0 saturated carbocycles. The Morgan fingerprint density at radius 3 is 2.68 bits per heavy atom. The predicted octanol–water partition coefficient (Wildman–Crippen LogP) is 2.37. The van der Waals surface area contributed by atoms with Crippen molar-refractivity contribution in [2.75, 3.05) is 30.5 Å². The van der Waals surface area contributed by atoms with Gasteiger partial charge >= 0.3 is 5.97 Å². The molecule has 8 heteroatoms. The van der Waals surface area contributed by atoms with Crippen LogP contribution >= 0.6 is 0 Å². The number of hydrogen-bond acceptors (Lipinski definition) is 5. The van der Waals surface area contributed by atoms with Gasteiger partial charge in [-0.05, 0) is 36.4 Å². The maximum absolute atomic E-state index is 13.0. The first-order valence-electron chi connectivity index (χ1n) is 8.62. The van der Waals surface area contributed by atoms with Gasteiger partial charge in [0, 0.05) is 30.4 Å². The van der Waals surface area contributed by atoms with E-state index in [4.69, 9.17) is 9.47 Å². The molecule has 28 heavy (non-hydrogen) atoms. The van der Waals surface area contributed by atoms with E-state index < -0.39 is 30.2 Å². The zero-order chi connectivity index (χ0) is 20.1. The molecule has 2 amide bonds. The summed E-state index contributed by atoms with van der Waals surface area (Å²) in [5.74, 6) is -1.88. The van der Waals surface area contributed by atoms with Crippen LogP contribution in [0.3, 0.4) is 0 Å². The quantitative estimate of drug-likeness (QED) is 0.771. The highest BCUT2D eigenvalue weighted by atomic mass is 19.1. The standard InChI is InChI=1S/C20H19FN2O5/c1-27-17-4-2-3-15(10-17)22-18(24)12-28-20(26)13-9-19(25)23(11-13)16-7-5-14(21)6-8-16/h2-8,10,13H,9,11-12H2,1H3,(H,22,24)/t13-/m0/s1. The molecule has 1 saturated heterocycles. The Morgan fingerprint density at radius 2 is 1.96 bits per heavy atom. The fourth-order valence-corrected chi connectivity index (χ4v) is 2.89. The van der Waals surface area contributed by atoms with Crippen molar-refractivity contribution in [3.8, 4) is 5.75 Å². The molecule has 0 bridgehead atoms. The first kappa shape index (κ1) is 19.3. The highest BCUT2D eigenvalue weighted by Gasteiger charge is 2.36. The number of halogens is 1. The zero-order valence-corrected chi connectivity index (χ0v) is 15.2. The van der Waals surface area contributed by atoms with E-state index in [0.29, 0.717) is 17.1 Å². The summed E-state index contributed by atoms with van der Waals surface area (Å²) in [6.07, 6.45) is -0.0201. The average Bonchev–Trinajstić information content (AvgIpc) is 3.08. The molecule has 0 aliphatic carbocycles. The van der Waals surface area contributed by atoms with E-state index in [0.717, 1.165) is 0 Å². The number of carbonyl (C=O) groups is 3. The van der Waals surface area contributed by atoms with E-state index in [1.165, 1.54) is 36.3 Å². The molecule has 0 spiro atoms. The lowest BCUT2D eigenvalue weighted by molar-refractivity contribution is -0.151. The van der Waals surface area contributed by atoms with Gasteiger partial charge in [-0.25, -0.2) is 4.39 Å². The number of rotatable bonds is 6. The second-order valence-electron chi connectivity index (χ2n) is 6.27. The number of nitrogens with one attached hydrogen (secondary N) is 1. The Labute approximate surface area is 161 Å². The SMILES string of the molecule is COc1cccc(NC(=O)COC(=O)[C@H]2CC(=O)N(c3ccc(F)cc3)C2)c1. The molecule has 146 valence electrons. The minimum absolute atomic E-state index is 0.0201. The third-order valence-electron chi connectivity index (χ3n) is 4.30. The van der Waals surface area contributed by atoms with Crippen molar-refractivity contribution in [1.29, 1.82) is 0 Å². The lowest BCUT2D eigenvalue weighted by Crippen LogP contribution is -2.28. The van der Waals surface area contributed by atoms with Crippen LogP contribution in [0.2, 0.25) is 0 Å². The van der Waals surface area contributed by atoms with Crippen molar-refractivity contribution in [2.24, 2.45) is 5.92 Å². The Balaban J connectivity index is 1.51. The van der Waals surface area contributed by atoms with Crippen LogP contribution in [-0.2, 0) is 19.1 Å². The molecule has 1 aliphatic rings. The summed E-state index contributed by atoms with van der Waals surface area (Å²) < 4.78 is 23.1. The third kappa shape index (κ3) is 4.64. The fourth-order valence-electron chi connectivity index (χ4n) is 2.89. The van der Waals surface area contributed by atoms with Gasteiger partial charge in [0.2, 0.25) is 5.91 Å². The van der Waals surface area contributed by atoms with Crippen molar-refractivity contribution in [1.82, 2.24) is 0 Å². The average molecular weight is 386 g/mol. The number of amides is 2. The molecule has 1 heterocycles. The van der Waals surface area contributed by atoms with Crippen LogP contribution in [-0.4, -0.2) is 38.0 Å². The molecular weight excluding hydrogens is 367 g/mol. The number of carbonyl (C=O) groups excluding carboxylic acids is 3. The summed E-state index contributed by atoms with van der Waals surface area (Å²) in [7, 11) is 1.51. The van der Waals surface area contributed by atoms with E-state index in [1.807, 2.05) is 0 Å². The first-order valence-corrected chi connectivity index (χ1v) is 8.62. The number of ether oxygens (including phenoxy) is 2. The fraction of sp³-hybridized carbons (Fsp3) is 0.250. The summed E-state index contributed by atoms with van der Waals surface area (Å²) >= 11 is 0. The van der Waals surface area contributed by atoms with Crippen molar-refractivity contribution in [2.45, 2.75) is 6.42 Å². The third-order valence-corrected chi connectivity index (χ3v) is 4.30. The molecule has 0 aromatic heterocycles. The van der Waals surface area contributed by atoms with Gasteiger partial charge in [-0.3, -0.25) is 14.4 Å². The van der Waals surface area contributed by atoms with Gasteiger partial charge in [0.1, 0.15) is 11.6 Å². The zero-order valence-electron chi connectivity index (χ0n) is 15.2. The van der Waals surface area contributed by atoms with E-state index in [2.05, 4.69) is 5.32 Å². The second-order valence-corrected chi connectivity index (χ2v) is 6.27. The Morgan fingerprint density at radius 1 is 1.21 bits per heavy atom. The smallest absolute Gasteiger partial charge is 0.311 e. The molecule has 1 aliphatic heterocycles. The molecule has 2 aromatic carbocycles. The molecular formula is C20H19FN2O5. The van der Waals surface area contributed by atoms with Gasteiger partial charge in [-0.15, -0.1) is 0 Å². The first-order chi connectivity index (χ1) is 13.5. The summed E-state index contributed by atoms with van der Waals surface area (Å²) in [5, 5.41) is 2.60. The largest absolute Gasteiger partial charge is 0.497 e. The van der Waals surface area contributed by atoms with E-state index in [-0.39, 0.29) is 18.9 Å². The normalized spacial score (nSPS) is 16.0. The van der Waals surface area contributed by atoms with Gasteiger partial charge in [0.05, 0.1) is 13.0 Å². The van der Waals surface area contributed by atoms with Gasteiger partial charge in [0.25, 0.3) is 5.91 Å². The Hall–Kier alpha value is -3.42. The number of nitrogens with zero attached hydrogens (tertiary/aromatic N) is 1.